The molecule has 0 bridgehead atoms. The van der Waals surface area contributed by atoms with Crippen molar-refractivity contribution in [2.24, 2.45) is 5.14 Å². The van der Waals surface area contributed by atoms with E-state index in [-0.39, 0.29) is 28.4 Å². The molecule has 0 heterocycles. The lowest BCUT2D eigenvalue weighted by Gasteiger charge is -2.07. The van der Waals surface area contributed by atoms with Crippen molar-refractivity contribution in [2.45, 2.75) is 11.3 Å². The van der Waals surface area contributed by atoms with Crippen LogP contribution in [-0.4, -0.2) is 25.8 Å². The van der Waals surface area contributed by atoms with Crippen molar-refractivity contribution >= 4 is 27.3 Å². The largest absolute Gasteiger partial charge is 0.393 e. The molecule has 0 aromatic heterocycles. The highest BCUT2D eigenvalue weighted by atomic mass is 32.2. The molecule has 0 spiro atoms. The predicted molar refractivity (Wildman–Crippen MR) is 91.4 cm³/mol. The second kappa shape index (κ2) is 7.28. The number of nitrogens with one attached hydrogen (secondary N) is 1. The lowest BCUT2D eigenvalue weighted by Crippen LogP contribution is -2.25. The molecule has 0 unspecified atom stereocenters. The van der Waals surface area contributed by atoms with Gasteiger partial charge < -0.3 is 11.1 Å². The average Bonchev–Trinajstić information content (AvgIpc) is 2.54. The minimum Gasteiger partial charge on any atom is -0.393 e. The molecule has 0 saturated carbocycles. The summed E-state index contributed by atoms with van der Waals surface area (Å²) >= 11 is 0. The summed E-state index contributed by atoms with van der Waals surface area (Å²) in [6.07, 6.45) is 0.452. The molecule has 10 heteroatoms. The monoisotopic (exact) mass is 364 g/mol. The van der Waals surface area contributed by atoms with Crippen LogP contribution >= 0.6 is 0 Å². The summed E-state index contributed by atoms with van der Waals surface area (Å²) in [5, 5.41) is 18.5. The number of nitrogen functional groups attached to an aromatic ring is 1. The van der Waals surface area contributed by atoms with E-state index in [9.17, 15) is 23.3 Å². The van der Waals surface area contributed by atoms with E-state index in [1.807, 2.05) is 0 Å². The quantitative estimate of drug-likeness (QED) is 0.390. The van der Waals surface area contributed by atoms with Gasteiger partial charge in [-0.15, -0.1) is 0 Å². The van der Waals surface area contributed by atoms with Crippen molar-refractivity contribution in [1.82, 2.24) is 5.32 Å². The maximum Gasteiger partial charge on any atom is 0.292 e. The number of sulfonamides is 1. The predicted octanol–water partition coefficient (Wildman–Crippen LogP) is 0.797. The number of benzene rings is 2. The first-order chi connectivity index (χ1) is 11.7. The molecular weight excluding hydrogens is 348 g/mol. The number of nitro groups is 1. The normalized spacial score (nSPS) is 11.1. The van der Waals surface area contributed by atoms with Gasteiger partial charge in [-0.1, -0.05) is 12.1 Å². The number of anilines is 1. The maximum absolute atomic E-state index is 12.0. The van der Waals surface area contributed by atoms with Crippen molar-refractivity contribution in [1.29, 1.82) is 0 Å². The molecule has 0 aliphatic carbocycles. The fraction of sp³-hybridized carbons (Fsp3) is 0.133. The Balaban J connectivity index is 1.97. The number of hydrogen-bond donors (Lipinski definition) is 3. The van der Waals surface area contributed by atoms with Crippen molar-refractivity contribution in [3.05, 3.63) is 63.7 Å². The van der Waals surface area contributed by atoms with Crippen LogP contribution < -0.4 is 16.2 Å². The van der Waals surface area contributed by atoms with Gasteiger partial charge >= 0.3 is 0 Å². The highest BCUT2D eigenvalue weighted by Gasteiger charge is 2.15. The Labute approximate surface area is 143 Å². The van der Waals surface area contributed by atoms with E-state index < -0.39 is 20.9 Å². The molecule has 132 valence electrons. The number of rotatable bonds is 6. The van der Waals surface area contributed by atoms with Crippen LogP contribution in [0, 0.1) is 10.1 Å². The Morgan fingerprint density at radius 1 is 1.16 bits per heavy atom. The van der Waals surface area contributed by atoms with Gasteiger partial charge in [0.1, 0.15) is 5.69 Å². The zero-order valence-corrected chi connectivity index (χ0v) is 13.8. The molecule has 2 aromatic rings. The zero-order valence-electron chi connectivity index (χ0n) is 13.0. The van der Waals surface area contributed by atoms with E-state index in [1.54, 1.807) is 12.1 Å². The molecule has 0 atom stereocenters. The number of nitrogens with two attached hydrogens (primary N) is 2. The number of nitrogens with zero attached hydrogens (tertiary/aromatic N) is 1. The molecule has 0 aliphatic rings. The van der Waals surface area contributed by atoms with Crippen molar-refractivity contribution in [2.75, 3.05) is 12.3 Å². The van der Waals surface area contributed by atoms with Crippen LogP contribution in [-0.2, 0) is 16.4 Å². The summed E-state index contributed by atoms with van der Waals surface area (Å²) in [4.78, 5) is 22.2. The number of hydrogen-bond acceptors (Lipinski definition) is 6. The van der Waals surface area contributed by atoms with E-state index in [4.69, 9.17) is 10.9 Å². The third-order valence-electron chi connectivity index (χ3n) is 3.44. The van der Waals surface area contributed by atoms with E-state index in [2.05, 4.69) is 5.32 Å². The van der Waals surface area contributed by atoms with Crippen LogP contribution in [0.5, 0.6) is 0 Å². The van der Waals surface area contributed by atoms with E-state index >= 15 is 0 Å². The van der Waals surface area contributed by atoms with Crippen LogP contribution in [0.3, 0.4) is 0 Å². The van der Waals surface area contributed by atoms with Gasteiger partial charge in [-0.3, -0.25) is 14.9 Å². The lowest BCUT2D eigenvalue weighted by atomic mass is 10.1. The summed E-state index contributed by atoms with van der Waals surface area (Å²) in [7, 11) is -3.74. The first-order valence-electron chi connectivity index (χ1n) is 7.12. The minimum atomic E-state index is -3.74. The SMILES string of the molecule is Nc1ccc(C(=O)NCCc2ccc(S(N)(=O)=O)cc2)cc1[N+](=O)[O-]. The second-order valence-electron chi connectivity index (χ2n) is 5.23. The lowest BCUT2D eigenvalue weighted by molar-refractivity contribution is -0.383. The molecule has 0 radical (unpaired) electrons. The van der Waals surface area contributed by atoms with E-state index in [0.717, 1.165) is 11.6 Å². The Bertz CT molecular complexity index is 910. The molecular formula is C15H16N4O5S. The molecule has 5 N–H and O–H groups in total. The van der Waals surface area contributed by atoms with Gasteiger partial charge in [-0.2, -0.15) is 0 Å². The minimum absolute atomic E-state index is 0.00877. The number of carbonyl (C=O) groups is 1. The highest BCUT2D eigenvalue weighted by molar-refractivity contribution is 7.89. The molecule has 0 aliphatic heterocycles. The molecule has 2 rings (SSSR count). The summed E-state index contributed by atoms with van der Waals surface area (Å²) in [5.74, 6) is -0.468. The number of carbonyl (C=O) groups excluding carboxylic acids is 1. The number of nitro benzene ring substituents is 1. The van der Waals surface area contributed by atoms with Gasteiger partial charge in [0.05, 0.1) is 9.82 Å². The highest BCUT2D eigenvalue weighted by Crippen LogP contribution is 2.22. The molecule has 0 saturated heterocycles. The molecule has 0 fully saturated rings. The summed E-state index contributed by atoms with van der Waals surface area (Å²) in [6.45, 7) is 0.270. The Morgan fingerprint density at radius 2 is 1.80 bits per heavy atom. The smallest absolute Gasteiger partial charge is 0.292 e. The average molecular weight is 364 g/mol. The van der Waals surface area contributed by atoms with Gasteiger partial charge in [0.25, 0.3) is 11.6 Å². The summed E-state index contributed by atoms with van der Waals surface area (Å²) < 4.78 is 22.3. The van der Waals surface area contributed by atoms with Crippen LogP contribution in [0.4, 0.5) is 11.4 Å². The number of amides is 1. The van der Waals surface area contributed by atoms with E-state index in [0.29, 0.717) is 6.42 Å². The van der Waals surface area contributed by atoms with Crippen molar-refractivity contribution in [3.63, 3.8) is 0 Å². The fourth-order valence-corrected chi connectivity index (χ4v) is 2.63. The Kier molecular flexibility index (Phi) is 5.35. The van der Waals surface area contributed by atoms with Gasteiger partial charge in [-0.25, -0.2) is 13.6 Å². The van der Waals surface area contributed by atoms with Gasteiger partial charge in [0.15, 0.2) is 0 Å². The van der Waals surface area contributed by atoms with Gasteiger partial charge in [0.2, 0.25) is 10.0 Å². The second-order valence-corrected chi connectivity index (χ2v) is 6.79. The Hall–Kier alpha value is -2.98. The fourth-order valence-electron chi connectivity index (χ4n) is 2.11. The van der Waals surface area contributed by atoms with Crippen LogP contribution in [0.2, 0.25) is 0 Å². The zero-order chi connectivity index (χ0) is 18.6. The number of primary sulfonamides is 1. The third-order valence-corrected chi connectivity index (χ3v) is 4.37. The van der Waals surface area contributed by atoms with Crippen molar-refractivity contribution < 1.29 is 18.1 Å². The molecule has 25 heavy (non-hydrogen) atoms. The summed E-state index contributed by atoms with van der Waals surface area (Å²) in [6, 6.07) is 9.79. The van der Waals surface area contributed by atoms with Crippen LogP contribution in [0.15, 0.2) is 47.4 Å². The molecule has 9 nitrogen and oxygen atoms in total. The van der Waals surface area contributed by atoms with Crippen LogP contribution in [0.1, 0.15) is 15.9 Å². The maximum atomic E-state index is 12.0. The molecule has 2 aromatic carbocycles. The van der Waals surface area contributed by atoms with Crippen molar-refractivity contribution in [3.8, 4) is 0 Å². The molecule has 1 amide bonds. The first-order valence-corrected chi connectivity index (χ1v) is 8.67. The Morgan fingerprint density at radius 3 is 2.36 bits per heavy atom. The van der Waals surface area contributed by atoms with E-state index in [1.165, 1.54) is 24.3 Å². The standard InChI is InChI=1S/C15H16N4O5S/c16-13-6-3-11(9-14(13)19(21)22)15(20)18-8-7-10-1-4-12(5-2-10)25(17,23)24/h1-6,9H,7-8,16H2,(H,18,20)(H2,17,23,24). The van der Waals surface area contributed by atoms with Gasteiger partial charge in [0, 0.05) is 18.2 Å². The third kappa shape index (κ3) is 4.75. The van der Waals surface area contributed by atoms with Gasteiger partial charge in [-0.05, 0) is 36.2 Å². The summed E-state index contributed by atoms with van der Waals surface area (Å²) in [5.41, 5.74) is 6.07. The first kappa shape index (κ1) is 18.4. The topological polar surface area (TPSA) is 158 Å². The van der Waals surface area contributed by atoms with Crippen LogP contribution in [0.25, 0.3) is 0 Å².